The molecule has 1 aliphatic carbocycles. The van der Waals surface area contributed by atoms with Crippen molar-refractivity contribution < 1.29 is 9.90 Å². The predicted molar refractivity (Wildman–Crippen MR) is 76.9 cm³/mol. The summed E-state index contributed by atoms with van der Waals surface area (Å²) in [6.45, 7) is 2.60. The summed E-state index contributed by atoms with van der Waals surface area (Å²) in [5.41, 5.74) is 3.21. The SMILES string of the molecule is O=C(N1CCc2[nH]nc(C3CC3)c2CC1)C1(CO)CNC1. The predicted octanol–water partition coefficient (Wildman–Crippen LogP) is -0.204. The molecule has 21 heavy (non-hydrogen) atoms. The van der Waals surface area contributed by atoms with E-state index in [4.69, 9.17) is 0 Å². The van der Waals surface area contributed by atoms with Crippen LogP contribution in [0, 0.1) is 5.41 Å². The first-order valence-electron chi connectivity index (χ1n) is 7.90. The number of hydrogen-bond acceptors (Lipinski definition) is 4. The molecule has 114 valence electrons. The van der Waals surface area contributed by atoms with Crippen LogP contribution in [0.2, 0.25) is 0 Å². The number of rotatable bonds is 3. The minimum absolute atomic E-state index is 0.0600. The number of aromatic nitrogens is 2. The molecule has 0 bridgehead atoms. The van der Waals surface area contributed by atoms with Crippen LogP contribution >= 0.6 is 0 Å². The summed E-state index contributed by atoms with van der Waals surface area (Å²) < 4.78 is 0. The van der Waals surface area contributed by atoms with E-state index in [2.05, 4.69) is 15.5 Å². The first-order valence-corrected chi connectivity index (χ1v) is 7.90. The second-order valence-electron chi connectivity index (χ2n) is 6.67. The monoisotopic (exact) mass is 290 g/mol. The van der Waals surface area contributed by atoms with E-state index >= 15 is 0 Å². The lowest BCUT2D eigenvalue weighted by molar-refractivity contribution is -0.148. The van der Waals surface area contributed by atoms with Gasteiger partial charge < -0.3 is 15.3 Å². The molecule has 6 heteroatoms. The highest BCUT2D eigenvalue weighted by Gasteiger charge is 2.46. The topological polar surface area (TPSA) is 81.2 Å². The maximum absolute atomic E-state index is 12.7. The van der Waals surface area contributed by atoms with Gasteiger partial charge in [-0.05, 0) is 24.8 Å². The Morgan fingerprint density at radius 1 is 1.33 bits per heavy atom. The molecule has 0 unspecified atom stereocenters. The Morgan fingerprint density at radius 2 is 2.10 bits per heavy atom. The van der Waals surface area contributed by atoms with Crippen molar-refractivity contribution in [3.05, 3.63) is 17.0 Å². The average molecular weight is 290 g/mol. The van der Waals surface area contributed by atoms with Gasteiger partial charge in [0.1, 0.15) is 0 Å². The van der Waals surface area contributed by atoms with E-state index in [-0.39, 0.29) is 12.5 Å². The van der Waals surface area contributed by atoms with Crippen LogP contribution in [0.15, 0.2) is 0 Å². The molecule has 0 atom stereocenters. The number of fused-ring (bicyclic) bond motifs is 1. The summed E-state index contributed by atoms with van der Waals surface area (Å²) in [6.07, 6.45) is 4.23. The van der Waals surface area contributed by atoms with Gasteiger partial charge in [0.15, 0.2) is 0 Å². The lowest BCUT2D eigenvalue weighted by atomic mass is 9.81. The number of carbonyl (C=O) groups is 1. The third-order valence-electron chi connectivity index (χ3n) is 5.18. The van der Waals surface area contributed by atoms with Crippen molar-refractivity contribution in [1.82, 2.24) is 20.4 Å². The summed E-state index contributed by atoms with van der Waals surface area (Å²) >= 11 is 0. The summed E-state index contributed by atoms with van der Waals surface area (Å²) in [6, 6.07) is 0. The van der Waals surface area contributed by atoms with Crippen LogP contribution in [-0.4, -0.2) is 58.9 Å². The van der Waals surface area contributed by atoms with E-state index in [0.29, 0.717) is 19.0 Å². The lowest BCUT2D eigenvalue weighted by Gasteiger charge is -2.42. The van der Waals surface area contributed by atoms with E-state index in [9.17, 15) is 9.90 Å². The number of carbonyl (C=O) groups excluding carboxylic acids is 1. The van der Waals surface area contributed by atoms with Crippen LogP contribution in [0.3, 0.4) is 0 Å². The number of nitrogens with zero attached hydrogens (tertiary/aromatic N) is 2. The van der Waals surface area contributed by atoms with Gasteiger partial charge in [0.2, 0.25) is 5.91 Å². The Morgan fingerprint density at radius 3 is 2.71 bits per heavy atom. The number of aliphatic hydroxyl groups excluding tert-OH is 1. The molecule has 6 nitrogen and oxygen atoms in total. The molecule has 0 spiro atoms. The van der Waals surface area contributed by atoms with E-state index in [1.165, 1.54) is 29.8 Å². The number of aliphatic hydroxyl groups is 1. The van der Waals surface area contributed by atoms with Crippen molar-refractivity contribution in [2.75, 3.05) is 32.8 Å². The number of nitrogens with one attached hydrogen (secondary N) is 2. The van der Waals surface area contributed by atoms with Gasteiger partial charge in [-0.25, -0.2) is 0 Å². The van der Waals surface area contributed by atoms with Gasteiger partial charge in [-0.2, -0.15) is 5.10 Å². The molecular weight excluding hydrogens is 268 g/mol. The van der Waals surface area contributed by atoms with Gasteiger partial charge in [0.05, 0.1) is 17.7 Å². The Bertz CT molecular complexity index is 555. The molecule has 1 amide bonds. The van der Waals surface area contributed by atoms with Crippen LogP contribution in [0.5, 0.6) is 0 Å². The summed E-state index contributed by atoms with van der Waals surface area (Å²) in [4.78, 5) is 14.6. The van der Waals surface area contributed by atoms with Crippen molar-refractivity contribution in [3.63, 3.8) is 0 Å². The van der Waals surface area contributed by atoms with Crippen molar-refractivity contribution >= 4 is 5.91 Å². The molecule has 4 rings (SSSR count). The molecule has 2 fully saturated rings. The zero-order valence-corrected chi connectivity index (χ0v) is 12.2. The molecule has 1 aromatic heterocycles. The van der Waals surface area contributed by atoms with E-state index in [1.54, 1.807) is 0 Å². The average Bonchev–Trinajstić information content (AvgIpc) is 3.24. The fourth-order valence-electron chi connectivity index (χ4n) is 3.50. The largest absolute Gasteiger partial charge is 0.395 e. The number of H-pyrrole nitrogens is 1. The standard InChI is InChI=1S/C15H22N4O2/c20-9-15(7-16-8-15)14(21)19-5-3-11-12(4-6-19)17-18-13(11)10-1-2-10/h10,16,20H,1-9H2,(H,17,18). The molecule has 0 radical (unpaired) electrons. The Balaban J connectivity index is 1.50. The zero-order chi connectivity index (χ0) is 14.4. The molecule has 3 aliphatic rings. The first kappa shape index (κ1) is 13.3. The van der Waals surface area contributed by atoms with Gasteiger partial charge in [0, 0.05) is 44.2 Å². The minimum atomic E-state index is -0.574. The van der Waals surface area contributed by atoms with E-state index in [1.807, 2.05) is 4.90 Å². The van der Waals surface area contributed by atoms with Crippen molar-refractivity contribution in [3.8, 4) is 0 Å². The molecular formula is C15H22N4O2. The third kappa shape index (κ3) is 2.08. The molecule has 1 aromatic rings. The highest BCUT2D eigenvalue weighted by molar-refractivity contribution is 5.84. The van der Waals surface area contributed by atoms with Crippen LogP contribution in [0.25, 0.3) is 0 Å². The molecule has 3 heterocycles. The fourth-order valence-corrected chi connectivity index (χ4v) is 3.50. The molecule has 1 saturated carbocycles. The second-order valence-corrected chi connectivity index (χ2v) is 6.67. The molecule has 3 N–H and O–H groups in total. The van der Waals surface area contributed by atoms with Crippen molar-refractivity contribution in [2.24, 2.45) is 5.41 Å². The number of aromatic amines is 1. The van der Waals surface area contributed by atoms with E-state index < -0.39 is 5.41 Å². The second kappa shape index (κ2) is 4.81. The van der Waals surface area contributed by atoms with E-state index in [0.717, 1.165) is 25.9 Å². The Hall–Kier alpha value is -1.40. The minimum Gasteiger partial charge on any atom is -0.395 e. The quantitative estimate of drug-likeness (QED) is 0.720. The number of amides is 1. The summed E-state index contributed by atoms with van der Waals surface area (Å²) in [5.74, 6) is 0.752. The summed E-state index contributed by atoms with van der Waals surface area (Å²) in [5, 5.41) is 20.3. The van der Waals surface area contributed by atoms with Crippen molar-refractivity contribution in [2.45, 2.75) is 31.6 Å². The van der Waals surface area contributed by atoms with Crippen LogP contribution in [-0.2, 0) is 17.6 Å². The van der Waals surface area contributed by atoms with Gasteiger partial charge in [-0.15, -0.1) is 0 Å². The molecule has 1 saturated heterocycles. The maximum Gasteiger partial charge on any atom is 0.233 e. The Kier molecular flexibility index (Phi) is 3.04. The van der Waals surface area contributed by atoms with Gasteiger partial charge in [-0.1, -0.05) is 0 Å². The fraction of sp³-hybridized carbons (Fsp3) is 0.733. The highest BCUT2D eigenvalue weighted by Crippen LogP contribution is 2.41. The normalized spacial score (nSPS) is 24.1. The zero-order valence-electron chi connectivity index (χ0n) is 12.2. The molecule has 0 aromatic carbocycles. The third-order valence-corrected chi connectivity index (χ3v) is 5.18. The van der Waals surface area contributed by atoms with Gasteiger partial charge >= 0.3 is 0 Å². The van der Waals surface area contributed by atoms with Crippen LogP contribution in [0.4, 0.5) is 0 Å². The van der Waals surface area contributed by atoms with Crippen LogP contribution < -0.4 is 5.32 Å². The summed E-state index contributed by atoms with van der Waals surface area (Å²) in [7, 11) is 0. The van der Waals surface area contributed by atoms with Crippen LogP contribution in [0.1, 0.15) is 35.7 Å². The highest BCUT2D eigenvalue weighted by atomic mass is 16.3. The van der Waals surface area contributed by atoms with Crippen molar-refractivity contribution in [1.29, 1.82) is 0 Å². The maximum atomic E-state index is 12.7. The first-order chi connectivity index (χ1) is 10.2. The van der Waals surface area contributed by atoms with Gasteiger partial charge in [0.25, 0.3) is 0 Å². The lowest BCUT2D eigenvalue weighted by Crippen LogP contribution is -2.64. The van der Waals surface area contributed by atoms with Gasteiger partial charge in [-0.3, -0.25) is 9.89 Å². The number of hydrogen-bond donors (Lipinski definition) is 3. The molecule has 2 aliphatic heterocycles. The Labute approximate surface area is 123 Å². The smallest absolute Gasteiger partial charge is 0.233 e.